The van der Waals surface area contributed by atoms with Crippen molar-refractivity contribution >= 4 is 34.9 Å². The molecule has 0 atom stereocenters. The fourth-order valence-electron chi connectivity index (χ4n) is 3.45. The fourth-order valence-corrected chi connectivity index (χ4v) is 4.02. The smallest absolute Gasteiger partial charge is 0.260 e. The number of halogens is 3. The first-order valence-corrected chi connectivity index (χ1v) is 10.9. The predicted molar refractivity (Wildman–Crippen MR) is 123 cm³/mol. The van der Waals surface area contributed by atoms with E-state index in [4.69, 9.17) is 27.9 Å². The molecule has 1 aromatic heterocycles. The largest absolute Gasteiger partial charge is 0.481 e. The lowest BCUT2D eigenvalue weighted by Crippen LogP contribution is -2.50. The summed E-state index contributed by atoms with van der Waals surface area (Å²) in [5.41, 5.74) is 3.03. The fraction of sp³-hybridized carbons (Fsp3) is 0.261. The molecule has 0 radical (unpaired) electrons. The van der Waals surface area contributed by atoms with Crippen LogP contribution in [0.2, 0.25) is 10.0 Å². The van der Waals surface area contributed by atoms with E-state index in [0.717, 1.165) is 29.2 Å². The third kappa shape index (κ3) is 5.11. The minimum absolute atomic E-state index is 0.0280. The summed E-state index contributed by atoms with van der Waals surface area (Å²) in [5.74, 6) is 0.117. The van der Waals surface area contributed by atoms with Gasteiger partial charge < -0.3 is 14.5 Å². The lowest BCUT2D eigenvalue weighted by molar-refractivity contribution is -0.133. The Balaban J connectivity index is 1.31. The van der Waals surface area contributed by atoms with Crippen LogP contribution in [0.1, 0.15) is 5.56 Å². The van der Waals surface area contributed by atoms with Crippen LogP contribution in [0.4, 0.5) is 10.2 Å². The first-order chi connectivity index (χ1) is 15.4. The van der Waals surface area contributed by atoms with E-state index in [9.17, 15) is 9.18 Å². The molecule has 0 aliphatic carbocycles. The molecule has 0 bridgehead atoms. The Hall–Kier alpha value is -2.90. The molecule has 2 aromatic carbocycles. The maximum atomic E-state index is 13.3. The van der Waals surface area contributed by atoms with Crippen LogP contribution in [-0.2, 0) is 4.79 Å². The average molecular weight is 475 g/mol. The Morgan fingerprint density at radius 3 is 2.25 bits per heavy atom. The van der Waals surface area contributed by atoms with Crippen LogP contribution >= 0.6 is 23.2 Å². The van der Waals surface area contributed by atoms with Crippen molar-refractivity contribution in [2.45, 2.75) is 6.92 Å². The highest BCUT2D eigenvalue weighted by Crippen LogP contribution is 2.33. The quantitative estimate of drug-likeness (QED) is 0.539. The molecule has 4 rings (SSSR count). The molecular weight excluding hydrogens is 454 g/mol. The minimum atomic E-state index is -0.565. The summed E-state index contributed by atoms with van der Waals surface area (Å²) in [4.78, 5) is 16.3. The van der Waals surface area contributed by atoms with Crippen LogP contribution in [-0.4, -0.2) is 53.8 Å². The summed E-state index contributed by atoms with van der Waals surface area (Å²) in [5, 5.41) is 8.77. The number of rotatable bonds is 5. The molecule has 1 fully saturated rings. The molecule has 0 unspecified atom stereocenters. The van der Waals surface area contributed by atoms with Gasteiger partial charge in [-0.05, 0) is 31.2 Å². The molecule has 32 heavy (non-hydrogen) atoms. The lowest BCUT2D eigenvalue weighted by atomic mass is 10.1. The van der Waals surface area contributed by atoms with Crippen molar-refractivity contribution in [2.24, 2.45) is 0 Å². The predicted octanol–water partition coefficient (Wildman–Crippen LogP) is 4.63. The molecule has 1 aliphatic heterocycles. The van der Waals surface area contributed by atoms with Gasteiger partial charge in [-0.25, -0.2) is 4.39 Å². The number of carbonyl (C=O) groups excluding carboxylic acids is 1. The third-order valence-electron chi connectivity index (χ3n) is 5.26. The number of aromatic nitrogens is 2. The zero-order chi connectivity index (χ0) is 22.7. The molecule has 1 amide bonds. The van der Waals surface area contributed by atoms with Gasteiger partial charge in [0, 0.05) is 31.7 Å². The standard InChI is InChI=1S/C23H21Cl2FN4O2/c1-15-2-4-16(5-3-15)20-6-7-21(28-27-20)29-8-10-30(11-9-29)22(31)14-32-23-18(24)12-17(26)13-19(23)25/h2-7,12-13H,8-11,14H2,1H3. The molecule has 9 heteroatoms. The second kappa shape index (κ2) is 9.71. The summed E-state index contributed by atoms with van der Waals surface area (Å²) in [6.07, 6.45) is 0. The topological polar surface area (TPSA) is 58.6 Å². The van der Waals surface area contributed by atoms with Crippen molar-refractivity contribution < 1.29 is 13.9 Å². The molecule has 166 valence electrons. The van der Waals surface area contributed by atoms with Gasteiger partial charge >= 0.3 is 0 Å². The molecular formula is C23H21Cl2FN4O2. The molecule has 0 N–H and O–H groups in total. The van der Waals surface area contributed by atoms with Crippen molar-refractivity contribution in [1.82, 2.24) is 15.1 Å². The second-order valence-corrected chi connectivity index (χ2v) is 8.31. The van der Waals surface area contributed by atoms with Gasteiger partial charge in [0.25, 0.3) is 5.91 Å². The number of piperazine rings is 1. The zero-order valence-electron chi connectivity index (χ0n) is 17.4. The Kier molecular flexibility index (Phi) is 6.77. The van der Waals surface area contributed by atoms with Crippen LogP contribution in [0.15, 0.2) is 48.5 Å². The molecule has 2 heterocycles. The number of carbonyl (C=O) groups is 1. The van der Waals surface area contributed by atoms with Gasteiger partial charge in [0.1, 0.15) is 5.82 Å². The molecule has 6 nitrogen and oxygen atoms in total. The normalized spacial score (nSPS) is 13.9. The summed E-state index contributed by atoms with van der Waals surface area (Å²) in [6.45, 7) is 4.12. The summed E-state index contributed by atoms with van der Waals surface area (Å²) < 4.78 is 18.7. The number of aryl methyl sites for hydroxylation is 1. The van der Waals surface area contributed by atoms with E-state index in [1.807, 2.05) is 43.3 Å². The molecule has 3 aromatic rings. The van der Waals surface area contributed by atoms with E-state index < -0.39 is 5.82 Å². The first-order valence-electron chi connectivity index (χ1n) is 10.1. The number of hydrogen-bond donors (Lipinski definition) is 0. The SMILES string of the molecule is Cc1ccc(-c2ccc(N3CCN(C(=O)COc4c(Cl)cc(F)cc4Cl)CC3)nn2)cc1. The van der Waals surface area contributed by atoms with Crippen molar-refractivity contribution in [1.29, 1.82) is 0 Å². The van der Waals surface area contributed by atoms with Crippen LogP contribution < -0.4 is 9.64 Å². The summed E-state index contributed by atoms with van der Waals surface area (Å²) >= 11 is 11.9. The van der Waals surface area contributed by atoms with Gasteiger partial charge in [0.05, 0.1) is 15.7 Å². The van der Waals surface area contributed by atoms with Crippen LogP contribution in [0.25, 0.3) is 11.3 Å². The zero-order valence-corrected chi connectivity index (χ0v) is 18.9. The van der Waals surface area contributed by atoms with E-state index in [0.29, 0.717) is 26.2 Å². The van der Waals surface area contributed by atoms with Gasteiger partial charge in [-0.15, -0.1) is 10.2 Å². The van der Waals surface area contributed by atoms with Crippen molar-refractivity contribution in [3.63, 3.8) is 0 Å². The van der Waals surface area contributed by atoms with Gasteiger partial charge in [-0.2, -0.15) is 0 Å². The minimum Gasteiger partial charge on any atom is -0.481 e. The van der Waals surface area contributed by atoms with Gasteiger partial charge in [0.2, 0.25) is 0 Å². The Labute approximate surface area is 195 Å². The van der Waals surface area contributed by atoms with Crippen molar-refractivity contribution in [3.05, 3.63) is 70.0 Å². The third-order valence-corrected chi connectivity index (χ3v) is 5.82. The molecule has 1 aliphatic rings. The summed E-state index contributed by atoms with van der Waals surface area (Å²) in [7, 11) is 0. The maximum Gasteiger partial charge on any atom is 0.260 e. The van der Waals surface area contributed by atoms with Crippen LogP contribution in [0.5, 0.6) is 5.75 Å². The van der Waals surface area contributed by atoms with E-state index in [-0.39, 0.29) is 28.3 Å². The number of amides is 1. The number of benzene rings is 2. The maximum absolute atomic E-state index is 13.3. The van der Waals surface area contributed by atoms with E-state index in [1.54, 1.807) is 4.90 Å². The molecule has 1 saturated heterocycles. The van der Waals surface area contributed by atoms with Crippen molar-refractivity contribution in [3.8, 4) is 17.0 Å². The molecule has 0 spiro atoms. The highest BCUT2D eigenvalue weighted by atomic mass is 35.5. The summed E-state index contributed by atoms with van der Waals surface area (Å²) in [6, 6.07) is 14.2. The van der Waals surface area contributed by atoms with E-state index in [1.165, 1.54) is 5.56 Å². The van der Waals surface area contributed by atoms with Gasteiger partial charge in [-0.1, -0.05) is 53.0 Å². The van der Waals surface area contributed by atoms with Crippen LogP contribution in [0.3, 0.4) is 0 Å². The number of hydrogen-bond acceptors (Lipinski definition) is 5. The van der Waals surface area contributed by atoms with Crippen LogP contribution in [0, 0.1) is 12.7 Å². The van der Waals surface area contributed by atoms with E-state index in [2.05, 4.69) is 15.1 Å². The molecule has 0 saturated carbocycles. The number of anilines is 1. The lowest BCUT2D eigenvalue weighted by Gasteiger charge is -2.35. The number of ether oxygens (including phenoxy) is 1. The van der Waals surface area contributed by atoms with E-state index >= 15 is 0 Å². The highest BCUT2D eigenvalue weighted by Gasteiger charge is 2.23. The highest BCUT2D eigenvalue weighted by molar-refractivity contribution is 6.37. The Morgan fingerprint density at radius 2 is 1.66 bits per heavy atom. The van der Waals surface area contributed by atoms with Gasteiger partial charge in [-0.3, -0.25) is 4.79 Å². The number of nitrogens with zero attached hydrogens (tertiary/aromatic N) is 4. The monoisotopic (exact) mass is 474 g/mol. The Morgan fingerprint density at radius 1 is 1.00 bits per heavy atom. The average Bonchev–Trinajstić information content (AvgIpc) is 2.79. The van der Waals surface area contributed by atoms with Gasteiger partial charge in [0.15, 0.2) is 18.2 Å². The van der Waals surface area contributed by atoms with Crippen molar-refractivity contribution in [2.75, 3.05) is 37.7 Å². The first kappa shape index (κ1) is 22.3. The Bertz CT molecular complexity index is 1080. The second-order valence-electron chi connectivity index (χ2n) is 7.50.